The van der Waals surface area contributed by atoms with Crippen molar-refractivity contribution in [3.63, 3.8) is 0 Å². The van der Waals surface area contributed by atoms with E-state index in [9.17, 15) is 4.79 Å². The van der Waals surface area contributed by atoms with Crippen molar-refractivity contribution in [2.45, 2.75) is 51.1 Å². The molecule has 3 fully saturated rings. The molecule has 3 heteroatoms. The zero-order valence-corrected chi connectivity index (χ0v) is 8.66. The highest BCUT2D eigenvalue weighted by Gasteiger charge is 2.55. The van der Waals surface area contributed by atoms with Gasteiger partial charge in [0, 0.05) is 12.8 Å². The Labute approximate surface area is 83.8 Å². The van der Waals surface area contributed by atoms with E-state index in [2.05, 4.69) is 0 Å². The average Bonchev–Trinajstić information content (AvgIpc) is 2.58. The fraction of sp³-hybridized carbons (Fsp3) is 0.909. The van der Waals surface area contributed by atoms with Gasteiger partial charge < -0.3 is 9.47 Å². The number of carbonyl (C=O) groups excluding carboxylic acids is 1. The van der Waals surface area contributed by atoms with E-state index in [-0.39, 0.29) is 12.2 Å². The van der Waals surface area contributed by atoms with Crippen molar-refractivity contribution in [3.05, 3.63) is 0 Å². The lowest BCUT2D eigenvalue weighted by atomic mass is 9.99. The quantitative estimate of drug-likeness (QED) is 0.589. The van der Waals surface area contributed by atoms with Gasteiger partial charge in [0.15, 0.2) is 5.79 Å². The monoisotopic (exact) mass is 196 g/mol. The molecule has 0 aromatic heterocycles. The van der Waals surface area contributed by atoms with Crippen LogP contribution in [0.5, 0.6) is 0 Å². The first-order chi connectivity index (χ1) is 6.55. The summed E-state index contributed by atoms with van der Waals surface area (Å²) in [5.74, 6) is 0.945. The van der Waals surface area contributed by atoms with E-state index in [1.54, 1.807) is 0 Å². The summed E-state index contributed by atoms with van der Waals surface area (Å²) in [6.45, 7) is 3.91. The van der Waals surface area contributed by atoms with Gasteiger partial charge in [0.2, 0.25) is 0 Å². The second-order valence-corrected chi connectivity index (χ2v) is 5.25. The fourth-order valence-electron chi connectivity index (χ4n) is 3.31. The lowest BCUT2D eigenvalue weighted by Crippen LogP contribution is -2.26. The van der Waals surface area contributed by atoms with E-state index < -0.39 is 5.79 Å². The summed E-state index contributed by atoms with van der Waals surface area (Å²) < 4.78 is 11.7. The highest BCUT2D eigenvalue weighted by molar-refractivity contribution is 5.81. The van der Waals surface area contributed by atoms with Gasteiger partial charge in [0.25, 0.3) is 0 Å². The van der Waals surface area contributed by atoms with Crippen LogP contribution in [0.4, 0.5) is 0 Å². The van der Waals surface area contributed by atoms with Gasteiger partial charge in [-0.3, -0.25) is 4.79 Å². The van der Waals surface area contributed by atoms with Gasteiger partial charge in [-0.05, 0) is 32.1 Å². The molecule has 0 N–H and O–H groups in total. The zero-order chi connectivity index (χ0) is 9.92. The van der Waals surface area contributed by atoms with Crippen molar-refractivity contribution in [3.8, 4) is 0 Å². The first-order valence-electron chi connectivity index (χ1n) is 5.42. The summed E-state index contributed by atoms with van der Waals surface area (Å²) in [6.07, 6.45) is 2.91. The highest BCUT2D eigenvalue weighted by Crippen LogP contribution is 2.50. The van der Waals surface area contributed by atoms with E-state index >= 15 is 0 Å². The third-order valence-electron chi connectivity index (χ3n) is 3.74. The minimum Gasteiger partial charge on any atom is -0.345 e. The summed E-state index contributed by atoms with van der Waals surface area (Å²) in [5, 5.41) is 0. The predicted molar refractivity (Wildman–Crippen MR) is 49.7 cm³/mol. The van der Waals surface area contributed by atoms with Crippen LogP contribution in [0.1, 0.15) is 33.1 Å². The van der Waals surface area contributed by atoms with Crippen molar-refractivity contribution >= 4 is 5.78 Å². The smallest absolute Gasteiger partial charge is 0.163 e. The van der Waals surface area contributed by atoms with Crippen molar-refractivity contribution in [1.29, 1.82) is 0 Å². The molecule has 0 radical (unpaired) electrons. The summed E-state index contributed by atoms with van der Waals surface area (Å²) in [7, 11) is 0. The Bertz CT molecular complexity index is 284. The van der Waals surface area contributed by atoms with Gasteiger partial charge in [-0.15, -0.1) is 0 Å². The lowest BCUT2D eigenvalue weighted by Gasteiger charge is -2.21. The topological polar surface area (TPSA) is 35.5 Å². The third kappa shape index (κ3) is 1.15. The molecule has 2 saturated carbocycles. The number of rotatable bonds is 0. The zero-order valence-electron chi connectivity index (χ0n) is 8.66. The maximum Gasteiger partial charge on any atom is 0.163 e. The first-order valence-corrected chi connectivity index (χ1v) is 5.42. The number of hydrogen-bond acceptors (Lipinski definition) is 3. The Morgan fingerprint density at radius 1 is 1.29 bits per heavy atom. The Balaban J connectivity index is 1.81. The molecule has 1 heterocycles. The Morgan fingerprint density at radius 2 is 2.07 bits per heavy atom. The lowest BCUT2D eigenvalue weighted by molar-refractivity contribution is -0.158. The van der Waals surface area contributed by atoms with E-state index in [0.717, 1.165) is 12.8 Å². The van der Waals surface area contributed by atoms with Gasteiger partial charge in [-0.2, -0.15) is 0 Å². The first kappa shape index (κ1) is 8.86. The second-order valence-electron chi connectivity index (χ2n) is 5.25. The third-order valence-corrected chi connectivity index (χ3v) is 3.74. The minimum absolute atomic E-state index is 0.182. The molecule has 3 nitrogen and oxygen atoms in total. The van der Waals surface area contributed by atoms with Crippen LogP contribution in [-0.4, -0.2) is 23.8 Å². The van der Waals surface area contributed by atoms with Crippen LogP contribution in [0.3, 0.4) is 0 Å². The molecule has 78 valence electrons. The molecule has 0 unspecified atom stereocenters. The number of ketones is 1. The Hall–Kier alpha value is -0.410. The maximum atomic E-state index is 11.3. The molecule has 1 aliphatic heterocycles. The second kappa shape index (κ2) is 2.58. The molecule has 3 rings (SSSR count). The largest absolute Gasteiger partial charge is 0.345 e. The van der Waals surface area contributed by atoms with Crippen molar-refractivity contribution < 1.29 is 14.3 Å². The Kier molecular flexibility index (Phi) is 1.63. The van der Waals surface area contributed by atoms with Gasteiger partial charge in [-0.1, -0.05) is 0 Å². The molecule has 0 amide bonds. The van der Waals surface area contributed by atoms with Gasteiger partial charge in [-0.25, -0.2) is 0 Å². The molecule has 3 aliphatic rings. The van der Waals surface area contributed by atoms with Gasteiger partial charge in [0.05, 0.1) is 12.2 Å². The summed E-state index contributed by atoms with van der Waals surface area (Å²) in [6, 6.07) is 0. The number of ether oxygens (including phenoxy) is 2. The number of Topliss-reactive ketones (excluding diaryl/α,β-unsaturated/α-hetero) is 1. The van der Waals surface area contributed by atoms with E-state index in [0.29, 0.717) is 24.0 Å². The molecule has 14 heavy (non-hydrogen) atoms. The van der Waals surface area contributed by atoms with Crippen LogP contribution in [-0.2, 0) is 14.3 Å². The van der Waals surface area contributed by atoms with Crippen LogP contribution in [0, 0.1) is 11.8 Å². The Morgan fingerprint density at radius 3 is 2.86 bits per heavy atom. The number of fused-ring (bicyclic) bond motifs is 3. The van der Waals surface area contributed by atoms with Gasteiger partial charge >= 0.3 is 0 Å². The summed E-state index contributed by atoms with van der Waals surface area (Å²) >= 11 is 0. The molecule has 4 atom stereocenters. The molecule has 0 aromatic rings. The predicted octanol–water partition coefficient (Wildman–Crippen LogP) is 1.51. The van der Waals surface area contributed by atoms with Crippen LogP contribution < -0.4 is 0 Å². The van der Waals surface area contributed by atoms with Crippen molar-refractivity contribution in [2.75, 3.05) is 0 Å². The minimum atomic E-state index is -0.439. The van der Waals surface area contributed by atoms with Crippen molar-refractivity contribution in [1.82, 2.24) is 0 Å². The molecule has 0 aromatic carbocycles. The molecular formula is C11H16O3. The van der Waals surface area contributed by atoms with E-state index in [1.165, 1.54) is 0 Å². The van der Waals surface area contributed by atoms with Crippen molar-refractivity contribution in [2.24, 2.45) is 11.8 Å². The van der Waals surface area contributed by atoms with Gasteiger partial charge in [0.1, 0.15) is 5.78 Å². The van der Waals surface area contributed by atoms with E-state index in [1.807, 2.05) is 13.8 Å². The summed E-state index contributed by atoms with van der Waals surface area (Å²) in [5.41, 5.74) is 0. The standard InChI is InChI=1S/C11H16O3/c1-11(2)13-9-4-6-3-7(12)5-8(6)10(9)14-11/h6,8-10H,3-5H2,1-2H3/t6-,8-,9-,10+/m1/s1. The number of carbonyl (C=O) groups is 1. The van der Waals surface area contributed by atoms with Crippen LogP contribution >= 0.6 is 0 Å². The molecule has 1 saturated heterocycles. The average molecular weight is 196 g/mol. The van der Waals surface area contributed by atoms with Crippen LogP contribution in [0.2, 0.25) is 0 Å². The highest BCUT2D eigenvalue weighted by atomic mass is 16.8. The van der Waals surface area contributed by atoms with Crippen LogP contribution in [0.15, 0.2) is 0 Å². The fourth-order valence-corrected chi connectivity index (χ4v) is 3.31. The van der Waals surface area contributed by atoms with E-state index in [4.69, 9.17) is 9.47 Å². The van der Waals surface area contributed by atoms with Crippen LogP contribution in [0.25, 0.3) is 0 Å². The number of hydrogen-bond donors (Lipinski definition) is 0. The normalized spacial score (nSPS) is 49.4. The molecule has 2 aliphatic carbocycles. The molecular weight excluding hydrogens is 180 g/mol. The summed E-state index contributed by atoms with van der Waals surface area (Å²) in [4.78, 5) is 11.3. The SMILES string of the molecule is CC1(C)O[C@H]2[C@@H]3CC(=O)C[C@@H]3C[C@H]2O1. The maximum absolute atomic E-state index is 11.3. The molecule has 0 spiro atoms. The molecule has 0 bridgehead atoms.